The summed E-state index contributed by atoms with van der Waals surface area (Å²) in [6.07, 6.45) is 0. The molecule has 0 aliphatic carbocycles. The second-order valence-electron chi connectivity index (χ2n) is 5.50. The highest BCUT2D eigenvalue weighted by Crippen LogP contribution is 2.33. The van der Waals surface area contributed by atoms with Crippen molar-refractivity contribution in [3.05, 3.63) is 53.6 Å². The molecule has 2 aromatic rings. The summed E-state index contributed by atoms with van der Waals surface area (Å²) in [5, 5.41) is 4.49. The molecule has 3 rings (SSSR count). The third kappa shape index (κ3) is 4.08. The molecule has 0 bridgehead atoms. The van der Waals surface area contributed by atoms with E-state index in [1.54, 1.807) is 48.0 Å². The molecule has 2 aromatic carbocycles. The topological polar surface area (TPSA) is 53.9 Å². The first kappa shape index (κ1) is 17.6. The number of thioether (sulfide) groups is 1. The molecular formula is C18H18ClN3O2S. The normalized spacial score (nSPS) is 16.3. The van der Waals surface area contributed by atoms with E-state index in [9.17, 15) is 4.79 Å². The molecular weight excluding hydrogens is 358 g/mol. The van der Waals surface area contributed by atoms with Gasteiger partial charge < -0.3 is 10.1 Å². The lowest BCUT2D eigenvalue weighted by atomic mass is 10.2. The highest BCUT2D eigenvalue weighted by Gasteiger charge is 2.29. The summed E-state index contributed by atoms with van der Waals surface area (Å²) < 4.78 is 5.43. The molecule has 0 spiro atoms. The number of rotatable bonds is 3. The van der Waals surface area contributed by atoms with E-state index in [1.807, 2.05) is 24.3 Å². The second-order valence-corrected chi connectivity index (χ2v) is 7.34. The van der Waals surface area contributed by atoms with Crippen LogP contribution in [-0.4, -0.2) is 30.1 Å². The molecule has 5 nitrogen and oxygen atoms in total. The fourth-order valence-electron chi connectivity index (χ4n) is 2.41. The van der Waals surface area contributed by atoms with E-state index in [-0.39, 0.29) is 6.03 Å². The van der Waals surface area contributed by atoms with Gasteiger partial charge in [0.05, 0.1) is 19.3 Å². The van der Waals surface area contributed by atoms with Crippen LogP contribution in [-0.2, 0) is 0 Å². The first-order chi connectivity index (χ1) is 12.1. The highest BCUT2D eigenvalue weighted by atomic mass is 35.5. The SMILES string of the molecule is COc1ccccc1N(C(=O)Nc1ccc(Cl)cc1)C1=NC[C@@H](C)S1. The number of methoxy groups -OCH3 is 1. The van der Waals surface area contributed by atoms with Gasteiger partial charge in [0.1, 0.15) is 5.75 Å². The van der Waals surface area contributed by atoms with E-state index in [4.69, 9.17) is 16.3 Å². The zero-order valence-corrected chi connectivity index (χ0v) is 15.5. The van der Waals surface area contributed by atoms with Gasteiger partial charge in [0.15, 0.2) is 5.17 Å². The number of benzene rings is 2. The summed E-state index contributed by atoms with van der Waals surface area (Å²) >= 11 is 7.47. The molecule has 1 heterocycles. The number of nitrogens with one attached hydrogen (secondary N) is 1. The van der Waals surface area contributed by atoms with Gasteiger partial charge in [0.2, 0.25) is 0 Å². The standard InChI is InChI=1S/C18H18ClN3O2S/c1-12-11-20-18(25-12)22(15-5-3-4-6-16(15)24-2)17(23)21-14-9-7-13(19)8-10-14/h3-10,12H,11H2,1-2H3,(H,21,23)/t12-/m1/s1. The lowest BCUT2D eigenvalue weighted by Crippen LogP contribution is -2.38. The Bertz CT molecular complexity index is 795. The minimum Gasteiger partial charge on any atom is -0.495 e. The van der Waals surface area contributed by atoms with E-state index in [1.165, 1.54) is 0 Å². The Morgan fingerprint density at radius 2 is 2.00 bits per heavy atom. The van der Waals surface area contributed by atoms with Crippen LogP contribution >= 0.6 is 23.4 Å². The van der Waals surface area contributed by atoms with Gasteiger partial charge in [-0.3, -0.25) is 4.99 Å². The van der Waals surface area contributed by atoms with Crippen LogP contribution in [0.4, 0.5) is 16.2 Å². The zero-order valence-electron chi connectivity index (χ0n) is 13.9. The lowest BCUT2D eigenvalue weighted by Gasteiger charge is -2.24. The summed E-state index contributed by atoms with van der Waals surface area (Å²) in [6.45, 7) is 2.76. The Morgan fingerprint density at radius 1 is 1.28 bits per heavy atom. The van der Waals surface area contributed by atoms with Crippen molar-refractivity contribution in [2.75, 3.05) is 23.9 Å². The van der Waals surface area contributed by atoms with Gasteiger partial charge in [-0.1, -0.05) is 42.4 Å². The lowest BCUT2D eigenvalue weighted by molar-refractivity contribution is 0.259. The Balaban J connectivity index is 1.93. The Labute approximate surface area is 156 Å². The molecule has 2 amide bonds. The molecule has 0 saturated carbocycles. The van der Waals surface area contributed by atoms with Crippen molar-refractivity contribution in [2.45, 2.75) is 12.2 Å². The fourth-order valence-corrected chi connectivity index (χ4v) is 3.48. The molecule has 0 radical (unpaired) electrons. The molecule has 1 atom stereocenters. The number of amides is 2. The monoisotopic (exact) mass is 375 g/mol. The largest absolute Gasteiger partial charge is 0.495 e. The minimum atomic E-state index is -0.299. The maximum atomic E-state index is 13.0. The van der Waals surface area contributed by atoms with Gasteiger partial charge in [-0.2, -0.15) is 0 Å². The predicted molar refractivity (Wildman–Crippen MR) is 105 cm³/mol. The maximum Gasteiger partial charge on any atom is 0.332 e. The molecule has 0 unspecified atom stereocenters. The van der Waals surface area contributed by atoms with Crippen LogP contribution in [0.2, 0.25) is 5.02 Å². The van der Waals surface area contributed by atoms with Crippen molar-refractivity contribution >= 4 is 45.9 Å². The number of hydrogen-bond acceptors (Lipinski definition) is 4. The third-order valence-corrected chi connectivity index (χ3v) is 4.93. The number of anilines is 2. The summed E-state index contributed by atoms with van der Waals surface area (Å²) in [4.78, 5) is 19.1. The molecule has 1 aliphatic rings. The summed E-state index contributed by atoms with van der Waals surface area (Å²) in [7, 11) is 1.58. The quantitative estimate of drug-likeness (QED) is 0.831. The maximum absolute atomic E-state index is 13.0. The van der Waals surface area contributed by atoms with Gasteiger partial charge in [0.25, 0.3) is 0 Å². The van der Waals surface area contributed by atoms with Crippen molar-refractivity contribution in [3.8, 4) is 5.75 Å². The van der Waals surface area contributed by atoms with E-state index in [0.29, 0.717) is 39.1 Å². The van der Waals surface area contributed by atoms with Crippen LogP contribution in [0.15, 0.2) is 53.5 Å². The van der Waals surface area contributed by atoms with E-state index >= 15 is 0 Å². The summed E-state index contributed by atoms with van der Waals surface area (Å²) in [6, 6.07) is 14.1. The van der Waals surface area contributed by atoms with Crippen LogP contribution in [0.5, 0.6) is 5.75 Å². The smallest absolute Gasteiger partial charge is 0.332 e. The van der Waals surface area contributed by atoms with Gasteiger partial charge in [-0.25, -0.2) is 9.69 Å². The average Bonchev–Trinajstić information content (AvgIpc) is 3.03. The van der Waals surface area contributed by atoms with E-state index < -0.39 is 0 Å². The minimum absolute atomic E-state index is 0.299. The van der Waals surface area contributed by atoms with Crippen molar-refractivity contribution in [3.63, 3.8) is 0 Å². The van der Waals surface area contributed by atoms with Crippen molar-refractivity contribution in [1.82, 2.24) is 0 Å². The Kier molecular flexibility index (Phi) is 5.50. The van der Waals surface area contributed by atoms with Gasteiger partial charge in [-0.05, 0) is 36.4 Å². The number of para-hydroxylation sites is 2. The highest BCUT2D eigenvalue weighted by molar-refractivity contribution is 8.15. The van der Waals surface area contributed by atoms with Crippen LogP contribution in [0.3, 0.4) is 0 Å². The molecule has 130 valence electrons. The first-order valence-electron chi connectivity index (χ1n) is 7.79. The zero-order chi connectivity index (χ0) is 17.8. The van der Waals surface area contributed by atoms with Gasteiger partial charge >= 0.3 is 6.03 Å². The number of urea groups is 1. The fraction of sp³-hybridized carbons (Fsp3) is 0.222. The predicted octanol–water partition coefficient (Wildman–Crippen LogP) is 4.88. The van der Waals surface area contributed by atoms with E-state index in [2.05, 4.69) is 17.2 Å². The third-order valence-electron chi connectivity index (χ3n) is 3.61. The Morgan fingerprint density at radius 3 is 2.64 bits per heavy atom. The molecule has 0 saturated heterocycles. The number of ether oxygens (including phenoxy) is 1. The van der Waals surface area contributed by atoms with Crippen molar-refractivity contribution in [2.24, 2.45) is 4.99 Å². The molecule has 7 heteroatoms. The molecule has 0 fully saturated rings. The number of hydrogen-bond donors (Lipinski definition) is 1. The number of halogens is 1. The first-order valence-corrected chi connectivity index (χ1v) is 9.05. The number of carbonyl (C=O) groups excluding carboxylic acids is 1. The van der Waals surface area contributed by atoms with Crippen LogP contribution < -0.4 is 15.0 Å². The van der Waals surface area contributed by atoms with Crippen molar-refractivity contribution in [1.29, 1.82) is 0 Å². The number of amidine groups is 1. The van der Waals surface area contributed by atoms with Crippen LogP contribution in [0.1, 0.15) is 6.92 Å². The molecule has 25 heavy (non-hydrogen) atoms. The van der Waals surface area contributed by atoms with Gasteiger partial charge in [-0.15, -0.1) is 0 Å². The molecule has 0 aromatic heterocycles. The number of nitrogens with zero attached hydrogens (tertiary/aromatic N) is 2. The van der Waals surface area contributed by atoms with Gasteiger partial charge in [0, 0.05) is 16.0 Å². The summed E-state index contributed by atoms with van der Waals surface area (Å²) in [5.41, 5.74) is 1.31. The molecule has 1 N–H and O–H groups in total. The van der Waals surface area contributed by atoms with E-state index in [0.717, 1.165) is 0 Å². The number of aliphatic imine (C=N–C) groups is 1. The number of carbonyl (C=O) groups is 1. The second kappa shape index (κ2) is 7.80. The summed E-state index contributed by atoms with van der Waals surface area (Å²) in [5.74, 6) is 0.608. The molecule has 1 aliphatic heterocycles. The average molecular weight is 376 g/mol. The van der Waals surface area contributed by atoms with Crippen molar-refractivity contribution < 1.29 is 9.53 Å². The van der Waals surface area contributed by atoms with Crippen LogP contribution in [0.25, 0.3) is 0 Å². The van der Waals surface area contributed by atoms with Crippen LogP contribution in [0, 0.1) is 0 Å². The Hall–Kier alpha value is -2.18.